The first-order chi connectivity index (χ1) is 7.24. The fourth-order valence-corrected chi connectivity index (χ4v) is 2.41. The van der Waals surface area contributed by atoms with Gasteiger partial charge in [0.05, 0.1) is 6.61 Å². The SMILES string of the molecule is CC(=O)CCCN(CCO)C1CCCC1. The summed E-state index contributed by atoms with van der Waals surface area (Å²) in [5.41, 5.74) is 0. The third-order valence-corrected chi connectivity index (χ3v) is 3.20. The minimum atomic E-state index is 0.233. The van der Waals surface area contributed by atoms with E-state index in [0.29, 0.717) is 12.5 Å². The predicted molar refractivity (Wildman–Crippen MR) is 60.8 cm³/mol. The quantitative estimate of drug-likeness (QED) is 0.698. The molecule has 0 aliphatic heterocycles. The Morgan fingerprint density at radius 3 is 2.53 bits per heavy atom. The van der Waals surface area contributed by atoms with Crippen LogP contribution in [0.4, 0.5) is 0 Å². The third kappa shape index (κ3) is 4.76. The summed E-state index contributed by atoms with van der Waals surface area (Å²) in [5.74, 6) is 0.269. The van der Waals surface area contributed by atoms with Crippen molar-refractivity contribution in [2.24, 2.45) is 0 Å². The van der Waals surface area contributed by atoms with Crippen molar-refractivity contribution >= 4 is 5.78 Å². The molecule has 1 aliphatic rings. The molecule has 0 saturated heterocycles. The Morgan fingerprint density at radius 1 is 1.33 bits per heavy atom. The molecule has 0 unspecified atom stereocenters. The summed E-state index contributed by atoms with van der Waals surface area (Å²) >= 11 is 0. The highest BCUT2D eigenvalue weighted by molar-refractivity contribution is 5.75. The maximum absolute atomic E-state index is 10.8. The van der Waals surface area contributed by atoms with Gasteiger partial charge in [0.25, 0.3) is 0 Å². The van der Waals surface area contributed by atoms with Gasteiger partial charge < -0.3 is 9.90 Å². The molecule has 1 N–H and O–H groups in total. The Balaban J connectivity index is 2.26. The van der Waals surface area contributed by atoms with Gasteiger partial charge in [0.2, 0.25) is 0 Å². The van der Waals surface area contributed by atoms with Gasteiger partial charge in [0.15, 0.2) is 0 Å². The van der Waals surface area contributed by atoms with E-state index in [1.165, 1.54) is 25.7 Å². The standard InChI is InChI=1S/C12H23NO2/c1-11(15)5-4-8-13(9-10-14)12-6-2-3-7-12/h12,14H,2-10H2,1H3. The number of carbonyl (C=O) groups excluding carboxylic acids is 1. The second-order valence-corrected chi connectivity index (χ2v) is 4.50. The molecule has 1 fully saturated rings. The zero-order valence-corrected chi connectivity index (χ0v) is 9.74. The fraction of sp³-hybridized carbons (Fsp3) is 0.917. The lowest BCUT2D eigenvalue weighted by atomic mass is 10.1. The van der Waals surface area contributed by atoms with Crippen LogP contribution in [0, 0.1) is 0 Å². The Labute approximate surface area is 92.5 Å². The van der Waals surface area contributed by atoms with Crippen LogP contribution in [0.15, 0.2) is 0 Å². The maximum Gasteiger partial charge on any atom is 0.129 e. The molecular weight excluding hydrogens is 190 g/mol. The molecule has 0 amide bonds. The predicted octanol–water partition coefficient (Wildman–Crippen LogP) is 1.59. The van der Waals surface area contributed by atoms with Crippen LogP contribution in [0.5, 0.6) is 0 Å². The van der Waals surface area contributed by atoms with Gasteiger partial charge in [-0.1, -0.05) is 12.8 Å². The number of nitrogens with zero attached hydrogens (tertiary/aromatic N) is 1. The van der Waals surface area contributed by atoms with Crippen LogP contribution in [0.25, 0.3) is 0 Å². The van der Waals surface area contributed by atoms with Crippen LogP contribution in [0.3, 0.4) is 0 Å². The Bertz CT molecular complexity index is 188. The summed E-state index contributed by atoms with van der Waals surface area (Å²) in [4.78, 5) is 13.2. The minimum absolute atomic E-state index is 0.233. The molecule has 0 bridgehead atoms. The van der Waals surface area contributed by atoms with E-state index in [0.717, 1.165) is 19.5 Å². The van der Waals surface area contributed by atoms with Crippen molar-refractivity contribution in [2.45, 2.75) is 51.5 Å². The van der Waals surface area contributed by atoms with Crippen molar-refractivity contribution in [2.75, 3.05) is 19.7 Å². The Kier molecular flexibility index (Phi) is 5.88. The number of hydrogen-bond acceptors (Lipinski definition) is 3. The second-order valence-electron chi connectivity index (χ2n) is 4.50. The highest BCUT2D eigenvalue weighted by Crippen LogP contribution is 2.23. The summed E-state index contributed by atoms with van der Waals surface area (Å²) in [6.45, 7) is 3.61. The summed E-state index contributed by atoms with van der Waals surface area (Å²) < 4.78 is 0. The van der Waals surface area contributed by atoms with E-state index in [-0.39, 0.29) is 12.4 Å². The topological polar surface area (TPSA) is 40.5 Å². The van der Waals surface area contributed by atoms with E-state index >= 15 is 0 Å². The van der Waals surface area contributed by atoms with Crippen LogP contribution in [0.1, 0.15) is 45.4 Å². The Hall–Kier alpha value is -0.410. The third-order valence-electron chi connectivity index (χ3n) is 3.20. The number of ketones is 1. The molecular formula is C12H23NO2. The van der Waals surface area contributed by atoms with Crippen LogP contribution in [-0.2, 0) is 4.79 Å². The van der Waals surface area contributed by atoms with Crippen LogP contribution >= 0.6 is 0 Å². The van der Waals surface area contributed by atoms with Gasteiger partial charge in [-0.25, -0.2) is 0 Å². The van der Waals surface area contributed by atoms with Gasteiger partial charge >= 0.3 is 0 Å². The highest BCUT2D eigenvalue weighted by Gasteiger charge is 2.21. The molecule has 1 rings (SSSR count). The van der Waals surface area contributed by atoms with Gasteiger partial charge in [-0.2, -0.15) is 0 Å². The first kappa shape index (κ1) is 12.7. The monoisotopic (exact) mass is 213 g/mol. The minimum Gasteiger partial charge on any atom is -0.395 e. The molecule has 0 heterocycles. The van der Waals surface area contributed by atoms with E-state index < -0.39 is 0 Å². The lowest BCUT2D eigenvalue weighted by molar-refractivity contribution is -0.117. The van der Waals surface area contributed by atoms with Gasteiger partial charge in [0.1, 0.15) is 5.78 Å². The number of Topliss-reactive ketones (excluding diaryl/α,β-unsaturated/α-hetero) is 1. The molecule has 1 aliphatic carbocycles. The van der Waals surface area contributed by atoms with Crippen LogP contribution in [0.2, 0.25) is 0 Å². The van der Waals surface area contributed by atoms with Gasteiger partial charge in [-0.3, -0.25) is 4.90 Å². The zero-order chi connectivity index (χ0) is 11.1. The number of aliphatic hydroxyl groups is 1. The number of aliphatic hydroxyl groups excluding tert-OH is 1. The molecule has 0 aromatic heterocycles. The van der Waals surface area contributed by atoms with E-state index in [4.69, 9.17) is 5.11 Å². The second kappa shape index (κ2) is 6.96. The molecule has 15 heavy (non-hydrogen) atoms. The molecule has 0 aromatic rings. The summed E-state index contributed by atoms with van der Waals surface area (Å²) in [5, 5.41) is 9.00. The summed E-state index contributed by atoms with van der Waals surface area (Å²) in [6, 6.07) is 0.657. The van der Waals surface area contributed by atoms with E-state index in [2.05, 4.69) is 4.90 Å². The van der Waals surface area contributed by atoms with Crippen molar-refractivity contribution in [3.63, 3.8) is 0 Å². The van der Waals surface area contributed by atoms with Crippen molar-refractivity contribution in [1.82, 2.24) is 4.90 Å². The van der Waals surface area contributed by atoms with Crippen LogP contribution < -0.4 is 0 Å². The van der Waals surface area contributed by atoms with Crippen molar-refractivity contribution in [3.05, 3.63) is 0 Å². The fourth-order valence-electron chi connectivity index (χ4n) is 2.41. The maximum atomic E-state index is 10.8. The summed E-state index contributed by atoms with van der Waals surface area (Å²) in [6.07, 6.45) is 6.78. The normalized spacial score (nSPS) is 17.5. The van der Waals surface area contributed by atoms with Gasteiger partial charge in [-0.15, -0.1) is 0 Å². The van der Waals surface area contributed by atoms with E-state index in [9.17, 15) is 4.79 Å². The number of hydrogen-bond donors (Lipinski definition) is 1. The largest absolute Gasteiger partial charge is 0.395 e. The molecule has 3 nitrogen and oxygen atoms in total. The molecule has 0 radical (unpaired) electrons. The van der Waals surface area contributed by atoms with E-state index in [1.807, 2.05) is 0 Å². The first-order valence-corrected chi connectivity index (χ1v) is 6.08. The molecule has 0 atom stereocenters. The lowest BCUT2D eigenvalue weighted by Gasteiger charge is -2.27. The smallest absolute Gasteiger partial charge is 0.129 e. The van der Waals surface area contributed by atoms with Gasteiger partial charge in [-0.05, 0) is 32.7 Å². The molecule has 0 spiro atoms. The molecule has 88 valence electrons. The number of carbonyl (C=O) groups is 1. The lowest BCUT2D eigenvalue weighted by Crippen LogP contribution is -2.36. The Morgan fingerprint density at radius 2 is 2.00 bits per heavy atom. The highest BCUT2D eigenvalue weighted by atomic mass is 16.3. The van der Waals surface area contributed by atoms with Gasteiger partial charge in [0, 0.05) is 19.0 Å². The molecule has 1 saturated carbocycles. The van der Waals surface area contributed by atoms with Crippen molar-refractivity contribution in [1.29, 1.82) is 0 Å². The first-order valence-electron chi connectivity index (χ1n) is 6.08. The number of rotatable bonds is 7. The average Bonchev–Trinajstić information content (AvgIpc) is 2.68. The van der Waals surface area contributed by atoms with Crippen LogP contribution in [-0.4, -0.2) is 41.5 Å². The van der Waals surface area contributed by atoms with Crippen molar-refractivity contribution in [3.8, 4) is 0 Å². The summed E-state index contributed by atoms with van der Waals surface area (Å²) in [7, 11) is 0. The van der Waals surface area contributed by atoms with E-state index in [1.54, 1.807) is 6.92 Å². The molecule has 0 aromatic carbocycles. The zero-order valence-electron chi connectivity index (χ0n) is 9.74. The average molecular weight is 213 g/mol. The van der Waals surface area contributed by atoms with Crippen molar-refractivity contribution < 1.29 is 9.90 Å². The molecule has 3 heteroatoms.